The first kappa shape index (κ1) is 24.9. The lowest BCUT2D eigenvalue weighted by molar-refractivity contribution is 0.157. The first-order valence-corrected chi connectivity index (χ1v) is 14.2. The zero-order chi connectivity index (χ0) is 21.9. The molecule has 0 bridgehead atoms. The molecule has 0 radical (unpaired) electrons. The third-order valence-electron chi connectivity index (χ3n) is 9.37. The summed E-state index contributed by atoms with van der Waals surface area (Å²) < 4.78 is 0. The molecule has 31 heavy (non-hydrogen) atoms. The summed E-state index contributed by atoms with van der Waals surface area (Å²) in [7, 11) is 0. The van der Waals surface area contributed by atoms with Gasteiger partial charge in [-0.1, -0.05) is 88.7 Å². The zero-order valence-corrected chi connectivity index (χ0v) is 20.9. The van der Waals surface area contributed by atoms with Crippen molar-refractivity contribution in [1.82, 2.24) is 0 Å². The van der Waals surface area contributed by atoms with E-state index in [4.69, 9.17) is 6.58 Å². The zero-order valence-electron chi connectivity index (χ0n) is 20.9. The molecule has 3 saturated carbocycles. The van der Waals surface area contributed by atoms with Crippen LogP contribution in [0, 0.1) is 29.1 Å². The molecule has 0 aromatic carbocycles. The second-order valence-electron chi connectivity index (χ2n) is 11.4. The van der Waals surface area contributed by atoms with E-state index in [1.54, 1.807) is 5.57 Å². The van der Waals surface area contributed by atoms with Crippen molar-refractivity contribution in [1.29, 1.82) is 0 Å². The van der Waals surface area contributed by atoms with Gasteiger partial charge in [0, 0.05) is 0 Å². The van der Waals surface area contributed by atoms with Crippen LogP contribution in [-0.2, 0) is 0 Å². The molecule has 3 fully saturated rings. The van der Waals surface area contributed by atoms with Gasteiger partial charge < -0.3 is 0 Å². The molecule has 0 amide bonds. The Hall–Kier alpha value is -0.780. The fraction of sp³-hybridized carbons (Fsp3) is 0.806. The highest BCUT2D eigenvalue weighted by atomic mass is 14.4. The van der Waals surface area contributed by atoms with Crippen molar-refractivity contribution < 1.29 is 0 Å². The second kappa shape index (κ2) is 13.1. The van der Waals surface area contributed by atoms with Gasteiger partial charge in [0.15, 0.2) is 0 Å². The Morgan fingerprint density at radius 3 is 2.29 bits per heavy atom. The van der Waals surface area contributed by atoms with Crippen molar-refractivity contribution >= 4 is 0 Å². The Labute approximate surface area is 195 Å². The normalized spacial score (nSPS) is 31.5. The summed E-state index contributed by atoms with van der Waals surface area (Å²) in [6.07, 6.45) is 34.0. The highest BCUT2D eigenvalue weighted by Crippen LogP contribution is 2.52. The molecule has 0 heterocycles. The second-order valence-corrected chi connectivity index (χ2v) is 11.4. The van der Waals surface area contributed by atoms with Crippen molar-refractivity contribution in [3.05, 3.63) is 37.0 Å². The van der Waals surface area contributed by atoms with Crippen molar-refractivity contribution in [2.24, 2.45) is 29.1 Å². The molecule has 3 aliphatic rings. The average Bonchev–Trinajstić information content (AvgIpc) is 2.83. The number of allylic oxidation sites excluding steroid dienone is 4. The van der Waals surface area contributed by atoms with E-state index in [0.29, 0.717) is 5.41 Å². The summed E-state index contributed by atoms with van der Waals surface area (Å²) in [4.78, 5) is 0. The molecule has 0 saturated heterocycles. The predicted octanol–water partition coefficient (Wildman–Crippen LogP) is 10.2. The van der Waals surface area contributed by atoms with Gasteiger partial charge in [-0.3, -0.25) is 0 Å². The number of hydrogen-bond acceptors (Lipinski definition) is 0. The third kappa shape index (κ3) is 7.10. The largest absolute Gasteiger partial charge is 0.103 e. The summed E-state index contributed by atoms with van der Waals surface area (Å²) in [5.74, 6) is 3.32. The fourth-order valence-corrected chi connectivity index (χ4v) is 7.25. The Bertz CT molecular complexity index is 553. The first-order chi connectivity index (χ1) is 15.2. The minimum absolute atomic E-state index is 0.493. The average molecular weight is 425 g/mol. The minimum atomic E-state index is 0.493. The number of rotatable bonds is 11. The smallest absolute Gasteiger partial charge is 0.00879 e. The molecular weight excluding hydrogens is 372 g/mol. The van der Waals surface area contributed by atoms with Gasteiger partial charge in [0.25, 0.3) is 0 Å². The molecule has 0 heteroatoms. The van der Waals surface area contributed by atoms with E-state index in [1.165, 1.54) is 122 Å². The molecule has 3 rings (SSSR count). The van der Waals surface area contributed by atoms with E-state index in [1.807, 2.05) is 0 Å². The van der Waals surface area contributed by atoms with Crippen LogP contribution in [0.15, 0.2) is 37.0 Å². The van der Waals surface area contributed by atoms with E-state index in [0.717, 1.165) is 23.7 Å². The van der Waals surface area contributed by atoms with Gasteiger partial charge in [-0.15, -0.1) is 6.58 Å². The SMILES string of the molecule is C=CC1CCC(/C=C/CCC2CCCCC2C(=C)C2(CCCCC)CCCCC2)CC1. The summed E-state index contributed by atoms with van der Waals surface area (Å²) >= 11 is 0. The standard InChI is InChI=1S/C31H52/c1-4-6-12-23-31(24-13-7-14-25-31)26(3)30-18-11-10-17-29(30)16-9-8-15-28-21-19-27(5-2)20-22-28/h5,8,15,27-30H,2-4,6-7,9-14,16-25H2,1H3/b15-8+. The monoisotopic (exact) mass is 424 g/mol. The maximum absolute atomic E-state index is 4.89. The summed E-state index contributed by atoms with van der Waals surface area (Å²) in [5.41, 5.74) is 2.20. The highest BCUT2D eigenvalue weighted by Gasteiger charge is 2.40. The Morgan fingerprint density at radius 2 is 1.58 bits per heavy atom. The Kier molecular flexibility index (Phi) is 10.5. The quantitative estimate of drug-likeness (QED) is 0.228. The molecule has 0 nitrogen and oxygen atoms in total. The highest BCUT2D eigenvalue weighted by molar-refractivity contribution is 5.17. The molecule has 2 atom stereocenters. The van der Waals surface area contributed by atoms with Gasteiger partial charge in [-0.25, -0.2) is 0 Å². The van der Waals surface area contributed by atoms with Crippen molar-refractivity contribution in [3.8, 4) is 0 Å². The van der Waals surface area contributed by atoms with Crippen LogP contribution >= 0.6 is 0 Å². The van der Waals surface area contributed by atoms with Gasteiger partial charge in [-0.05, 0) is 99.7 Å². The van der Waals surface area contributed by atoms with Crippen LogP contribution in [0.1, 0.15) is 129 Å². The topological polar surface area (TPSA) is 0 Å². The van der Waals surface area contributed by atoms with E-state index in [2.05, 4.69) is 31.7 Å². The van der Waals surface area contributed by atoms with Crippen LogP contribution in [-0.4, -0.2) is 0 Å². The van der Waals surface area contributed by atoms with Gasteiger partial charge in [0.1, 0.15) is 0 Å². The molecule has 0 N–H and O–H groups in total. The van der Waals surface area contributed by atoms with Crippen LogP contribution < -0.4 is 0 Å². The summed E-state index contributed by atoms with van der Waals surface area (Å²) in [6.45, 7) is 11.2. The van der Waals surface area contributed by atoms with Crippen LogP contribution in [0.4, 0.5) is 0 Å². The minimum Gasteiger partial charge on any atom is -0.103 e. The van der Waals surface area contributed by atoms with E-state index >= 15 is 0 Å². The molecule has 0 aliphatic heterocycles. The van der Waals surface area contributed by atoms with E-state index in [9.17, 15) is 0 Å². The van der Waals surface area contributed by atoms with Crippen molar-refractivity contribution in [2.45, 2.75) is 129 Å². The van der Waals surface area contributed by atoms with Crippen molar-refractivity contribution in [2.75, 3.05) is 0 Å². The van der Waals surface area contributed by atoms with Gasteiger partial charge in [-0.2, -0.15) is 0 Å². The Morgan fingerprint density at radius 1 is 0.871 bits per heavy atom. The lowest BCUT2D eigenvalue weighted by Gasteiger charge is -2.46. The van der Waals surface area contributed by atoms with E-state index < -0.39 is 0 Å². The third-order valence-corrected chi connectivity index (χ3v) is 9.37. The Balaban J connectivity index is 1.54. The van der Waals surface area contributed by atoms with Crippen molar-refractivity contribution in [3.63, 3.8) is 0 Å². The van der Waals surface area contributed by atoms with Gasteiger partial charge >= 0.3 is 0 Å². The van der Waals surface area contributed by atoms with Gasteiger partial charge in [0.05, 0.1) is 0 Å². The van der Waals surface area contributed by atoms with Crippen LogP contribution in [0.3, 0.4) is 0 Å². The first-order valence-electron chi connectivity index (χ1n) is 14.2. The maximum Gasteiger partial charge on any atom is -0.00879 e. The molecule has 0 aromatic heterocycles. The predicted molar refractivity (Wildman–Crippen MR) is 138 cm³/mol. The molecule has 176 valence electrons. The maximum atomic E-state index is 4.89. The number of unbranched alkanes of at least 4 members (excludes halogenated alkanes) is 2. The fourth-order valence-electron chi connectivity index (χ4n) is 7.25. The summed E-state index contributed by atoms with van der Waals surface area (Å²) in [5, 5.41) is 0. The van der Waals surface area contributed by atoms with E-state index in [-0.39, 0.29) is 0 Å². The van der Waals surface area contributed by atoms with Crippen LogP contribution in [0.25, 0.3) is 0 Å². The van der Waals surface area contributed by atoms with Crippen LogP contribution in [0.2, 0.25) is 0 Å². The van der Waals surface area contributed by atoms with Crippen LogP contribution in [0.5, 0.6) is 0 Å². The lowest BCUT2D eigenvalue weighted by atomic mass is 9.59. The molecule has 3 aliphatic carbocycles. The molecule has 0 spiro atoms. The molecule has 2 unspecified atom stereocenters. The molecular formula is C31H52. The molecule has 0 aromatic rings. The number of hydrogen-bond donors (Lipinski definition) is 0. The van der Waals surface area contributed by atoms with Gasteiger partial charge in [0.2, 0.25) is 0 Å². The lowest BCUT2D eigenvalue weighted by Crippen LogP contribution is -2.34. The summed E-state index contributed by atoms with van der Waals surface area (Å²) in [6, 6.07) is 0.